The molecule has 2 bridgehead atoms. The summed E-state index contributed by atoms with van der Waals surface area (Å²) in [5.74, 6) is 5.93. The number of amides is 1. The van der Waals surface area contributed by atoms with Crippen molar-refractivity contribution in [2.75, 3.05) is 24.6 Å². The third-order valence-corrected chi connectivity index (χ3v) is 12.9. The number of carbonyl (C=O) groups excluding carboxylic acids is 1. The molecule has 2 aliphatic heterocycles. The van der Waals surface area contributed by atoms with Gasteiger partial charge in [0.1, 0.15) is 12.4 Å². The summed E-state index contributed by atoms with van der Waals surface area (Å²) in [7, 11) is -2.90. The van der Waals surface area contributed by atoms with Crippen LogP contribution >= 0.6 is 11.6 Å². The van der Waals surface area contributed by atoms with Crippen molar-refractivity contribution in [1.29, 1.82) is 0 Å². The number of fused-ring (bicyclic) bond motifs is 4. The van der Waals surface area contributed by atoms with Crippen molar-refractivity contribution in [2.45, 2.75) is 82.2 Å². The lowest BCUT2D eigenvalue weighted by molar-refractivity contribution is -0.0295. The van der Waals surface area contributed by atoms with Crippen LogP contribution in [0.15, 0.2) is 53.0 Å². The van der Waals surface area contributed by atoms with Gasteiger partial charge in [-0.3, -0.25) is 9.52 Å². The highest BCUT2D eigenvalue weighted by molar-refractivity contribution is 7.99. The van der Waals surface area contributed by atoms with E-state index in [2.05, 4.69) is 50.0 Å². The molecule has 1 spiro atoms. The topological polar surface area (TPSA) is 107 Å². The van der Waals surface area contributed by atoms with Crippen molar-refractivity contribution in [1.82, 2.24) is 14.9 Å². The van der Waals surface area contributed by atoms with Crippen LogP contribution in [0.4, 0.5) is 5.69 Å². The zero-order valence-electron chi connectivity index (χ0n) is 27.1. The van der Waals surface area contributed by atoms with E-state index in [1.54, 1.807) is 13.0 Å². The molecule has 11 heteroatoms. The van der Waals surface area contributed by atoms with Crippen molar-refractivity contribution in [3.8, 4) is 5.75 Å². The summed E-state index contributed by atoms with van der Waals surface area (Å²) in [5.41, 5.74) is 3.67. The molecule has 1 aromatic heterocycles. The molecule has 2 aliphatic carbocycles. The number of aromatic nitrogens is 2. The van der Waals surface area contributed by atoms with Gasteiger partial charge in [0.2, 0.25) is 11.8 Å². The van der Waals surface area contributed by atoms with E-state index in [1.807, 2.05) is 25.1 Å². The summed E-state index contributed by atoms with van der Waals surface area (Å²) >= 11 is 6.45. The van der Waals surface area contributed by atoms with Crippen LogP contribution < -0.4 is 14.4 Å². The molecule has 3 heterocycles. The Morgan fingerprint density at radius 2 is 2.06 bits per heavy atom. The van der Waals surface area contributed by atoms with Crippen LogP contribution in [0.25, 0.3) is 0 Å². The number of benzene rings is 2. The predicted molar refractivity (Wildman–Crippen MR) is 185 cm³/mol. The molecule has 0 radical (unpaired) electrons. The minimum Gasteiger partial charge on any atom is -0.490 e. The van der Waals surface area contributed by atoms with E-state index in [0.29, 0.717) is 42.7 Å². The average molecular weight is 679 g/mol. The van der Waals surface area contributed by atoms with E-state index in [9.17, 15) is 9.00 Å². The summed E-state index contributed by atoms with van der Waals surface area (Å²) in [6.07, 6.45) is 10.6. The number of rotatable bonds is 3. The third-order valence-electron chi connectivity index (χ3n) is 10.6. The molecular weight excluding hydrogens is 636 g/mol. The molecule has 47 heavy (non-hydrogen) atoms. The van der Waals surface area contributed by atoms with Gasteiger partial charge in [-0.15, -0.1) is 10.2 Å². The number of hydrogen-bond donors (Lipinski definition) is 1. The fourth-order valence-electron chi connectivity index (χ4n) is 7.75. The molecule has 0 saturated heterocycles. The number of carbonyl (C=O) groups is 1. The van der Waals surface area contributed by atoms with Crippen LogP contribution in [-0.2, 0) is 32.9 Å². The highest BCUT2D eigenvalue weighted by Crippen LogP contribution is 2.47. The first-order valence-corrected chi connectivity index (χ1v) is 18.8. The first-order chi connectivity index (χ1) is 22.6. The van der Waals surface area contributed by atoms with Gasteiger partial charge in [-0.1, -0.05) is 29.8 Å². The second kappa shape index (κ2) is 12.9. The highest BCUT2D eigenvalue weighted by Gasteiger charge is 2.44. The maximum Gasteiger partial charge on any atom is 0.262 e. The van der Waals surface area contributed by atoms with E-state index in [-0.39, 0.29) is 35.2 Å². The maximum atomic E-state index is 13.6. The van der Waals surface area contributed by atoms with Gasteiger partial charge in [0.05, 0.1) is 28.1 Å². The van der Waals surface area contributed by atoms with Crippen LogP contribution in [0, 0.1) is 18.8 Å². The first-order valence-electron chi connectivity index (χ1n) is 16.7. The van der Waals surface area contributed by atoms with Crippen LogP contribution in [0.3, 0.4) is 0 Å². The zero-order valence-corrected chi connectivity index (χ0v) is 28.7. The van der Waals surface area contributed by atoms with Gasteiger partial charge >= 0.3 is 0 Å². The molecule has 2 aromatic carbocycles. The number of allylic oxidation sites excluding steroid dienone is 1. The van der Waals surface area contributed by atoms with Crippen molar-refractivity contribution >= 4 is 38.8 Å². The number of nitrogens with zero attached hydrogens (tertiary/aromatic N) is 3. The number of aryl methyl sites for hydroxylation is 2. The Morgan fingerprint density at radius 1 is 1.19 bits per heavy atom. The van der Waals surface area contributed by atoms with Crippen molar-refractivity contribution in [2.24, 2.45) is 11.8 Å². The molecule has 3 aromatic rings. The Hall–Kier alpha value is -3.34. The molecule has 6 atom stereocenters. The first kappa shape index (κ1) is 32.2. The molecule has 1 amide bonds. The van der Waals surface area contributed by atoms with E-state index in [1.165, 1.54) is 11.1 Å². The van der Waals surface area contributed by atoms with Gasteiger partial charge in [-0.25, -0.2) is 4.21 Å². The Morgan fingerprint density at radius 3 is 2.85 bits per heavy atom. The van der Waals surface area contributed by atoms with Crippen molar-refractivity contribution in [3.05, 3.63) is 82.0 Å². The molecule has 1 unspecified atom stereocenters. The lowest BCUT2D eigenvalue weighted by atomic mass is 9.68. The smallest absolute Gasteiger partial charge is 0.262 e. The van der Waals surface area contributed by atoms with Crippen molar-refractivity contribution in [3.63, 3.8) is 0 Å². The summed E-state index contributed by atoms with van der Waals surface area (Å²) in [6.45, 7) is 5.95. The molecule has 250 valence electrons. The largest absolute Gasteiger partial charge is 0.490 e. The van der Waals surface area contributed by atoms with Gasteiger partial charge in [0.25, 0.3) is 5.91 Å². The second-order valence-corrected chi connectivity index (χ2v) is 16.7. The quantitative estimate of drug-likeness (QED) is 0.257. The summed E-state index contributed by atoms with van der Waals surface area (Å²) < 4.78 is 35.1. The normalized spacial score (nSPS) is 31.5. The van der Waals surface area contributed by atoms with Crippen LogP contribution in [0.5, 0.6) is 5.75 Å². The maximum absolute atomic E-state index is 13.6. The van der Waals surface area contributed by atoms with E-state index in [0.717, 1.165) is 61.7 Å². The monoisotopic (exact) mass is 678 g/mol. The molecule has 7 rings (SSSR count). The summed E-state index contributed by atoms with van der Waals surface area (Å²) in [5, 5.41) is 8.53. The lowest BCUT2D eigenvalue weighted by Gasteiger charge is -2.46. The Labute approximate surface area is 282 Å². The number of ether oxygens (including phenoxy) is 2. The van der Waals surface area contributed by atoms with Crippen LogP contribution in [0.1, 0.15) is 78.7 Å². The Bertz CT molecular complexity index is 1790. The van der Waals surface area contributed by atoms with Gasteiger partial charge in [-0.2, -0.15) is 0 Å². The highest BCUT2D eigenvalue weighted by atomic mass is 35.5. The second-order valence-electron chi connectivity index (χ2n) is 13.8. The van der Waals surface area contributed by atoms with Crippen molar-refractivity contribution < 1.29 is 22.9 Å². The fourth-order valence-corrected chi connectivity index (χ4v) is 9.09. The number of anilines is 1. The van der Waals surface area contributed by atoms with E-state index >= 15 is 0 Å². The van der Waals surface area contributed by atoms with Gasteiger partial charge in [0.15, 0.2) is 0 Å². The zero-order chi connectivity index (χ0) is 32.8. The molecular formula is C36H43ClN4O5S. The van der Waals surface area contributed by atoms with Crippen LogP contribution in [0.2, 0.25) is 5.02 Å². The number of nitrogens with one attached hydrogen (secondary N) is 1. The Balaban J connectivity index is 1.26. The molecule has 1 saturated carbocycles. The summed E-state index contributed by atoms with van der Waals surface area (Å²) in [4.78, 5) is 16.0. The van der Waals surface area contributed by atoms with Gasteiger partial charge in [-0.05, 0) is 111 Å². The van der Waals surface area contributed by atoms with Crippen LogP contribution in [-0.4, -0.2) is 57.2 Å². The standard InChI is InChI=1S/C36H43ClN4O5S/c1-23-7-4-5-9-32(44-20-34-39-38-24(2)46-34)29-13-10-27(29)19-41-21-36(16-6-8-25-17-28(37)12-14-30(25)36)22-45-33-15-11-26(18-31(33)41)35(42)40-47(23,3)43/h5,9,11-12,14-15,17-18,23,27,29,32H,3-4,6-8,10,13,16,19-22H2,1-2H3,(H,40,42,43)/b9-5+/t23-,27+,29-,32+,36+,47?/m1/s1. The minimum absolute atomic E-state index is 0.145. The lowest BCUT2D eigenvalue weighted by Crippen LogP contribution is -2.49. The minimum atomic E-state index is -2.90. The predicted octanol–water partition coefficient (Wildman–Crippen LogP) is 6.22. The Kier molecular flexibility index (Phi) is 8.87. The van der Waals surface area contributed by atoms with E-state index < -0.39 is 9.71 Å². The van der Waals surface area contributed by atoms with Gasteiger partial charge in [0, 0.05) is 41.3 Å². The molecule has 1 fully saturated rings. The third kappa shape index (κ3) is 6.56. The molecule has 1 N–H and O–H groups in total. The fraction of sp³-hybridized carbons (Fsp3) is 0.500. The number of halogens is 1. The number of hydrogen-bond acceptors (Lipinski definition) is 8. The van der Waals surface area contributed by atoms with E-state index in [4.69, 9.17) is 25.5 Å². The summed E-state index contributed by atoms with van der Waals surface area (Å²) in [6, 6.07) is 11.8. The molecule has 9 nitrogen and oxygen atoms in total. The van der Waals surface area contributed by atoms with Gasteiger partial charge < -0.3 is 18.8 Å². The average Bonchev–Trinajstić information content (AvgIpc) is 3.39. The SMILES string of the molecule is C=S1(=O)NC(=O)c2ccc3c(c2)N(C[C@@H]2CC[C@H]2[C@@H](OCc2nnc(C)o2)/C=C/CC[C@H]1C)C[C@@]1(CCCc2cc(Cl)ccc21)CO3. The molecule has 4 aliphatic rings.